The Morgan fingerprint density at radius 1 is 1.57 bits per heavy atom. The highest BCUT2D eigenvalue weighted by atomic mass is 16.5. The van der Waals surface area contributed by atoms with E-state index in [0.29, 0.717) is 11.8 Å². The van der Waals surface area contributed by atoms with Crippen molar-refractivity contribution < 1.29 is 9.53 Å². The fourth-order valence-electron chi connectivity index (χ4n) is 3.44. The molecule has 21 heavy (non-hydrogen) atoms. The van der Waals surface area contributed by atoms with E-state index in [1.54, 1.807) is 13.3 Å². The zero-order valence-corrected chi connectivity index (χ0v) is 13.3. The molecule has 0 radical (unpaired) electrons. The van der Waals surface area contributed by atoms with Crippen LogP contribution >= 0.6 is 0 Å². The van der Waals surface area contributed by atoms with Crippen molar-refractivity contribution in [2.45, 2.75) is 52.2 Å². The number of aryl methyl sites for hydroxylation is 1. The SMILES string of the molecule is CCCn1ncc(OC)c1C1NC(C)CC(C)C1C(N)=O. The number of piperidine rings is 1. The number of carbonyl (C=O) groups excluding carboxylic acids is 1. The average molecular weight is 294 g/mol. The molecule has 4 atom stereocenters. The van der Waals surface area contributed by atoms with Crippen molar-refractivity contribution in [3.05, 3.63) is 11.9 Å². The van der Waals surface area contributed by atoms with Crippen LogP contribution in [0.5, 0.6) is 5.75 Å². The van der Waals surface area contributed by atoms with E-state index in [-0.39, 0.29) is 23.8 Å². The maximum atomic E-state index is 12.0. The van der Waals surface area contributed by atoms with Gasteiger partial charge in [-0.1, -0.05) is 13.8 Å². The summed E-state index contributed by atoms with van der Waals surface area (Å²) in [6.45, 7) is 7.12. The second-order valence-electron chi connectivity index (χ2n) is 6.01. The second-order valence-corrected chi connectivity index (χ2v) is 6.01. The molecule has 3 N–H and O–H groups in total. The molecule has 1 saturated heterocycles. The summed E-state index contributed by atoms with van der Waals surface area (Å²) in [5.74, 6) is 0.438. The van der Waals surface area contributed by atoms with E-state index < -0.39 is 0 Å². The molecule has 6 heteroatoms. The molecule has 0 saturated carbocycles. The molecule has 1 aromatic rings. The third-order valence-electron chi connectivity index (χ3n) is 4.28. The molecule has 1 aliphatic heterocycles. The third-order valence-corrected chi connectivity index (χ3v) is 4.28. The van der Waals surface area contributed by atoms with Crippen LogP contribution in [0.25, 0.3) is 0 Å². The topological polar surface area (TPSA) is 82.2 Å². The molecular formula is C15H26N4O2. The lowest BCUT2D eigenvalue weighted by Crippen LogP contribution is -2.49. The van der Waals surface area contributed by atoms with Gasteiger partial charge in [0.1, 0.15) is 0 Å². The molecule has 1 aliphatic rings. The molecule has 4 unspecified atom stereocenters. The molecule has 0 aliphatic carbocycles. The minimum absolute atomic E-state index is 0.148. The van der Waals surface area contributed by atoms with Crippen molar-refractivity contribution in [3.8, 4) is 5.75 Å². The number of ether oxygens (including phenoxy) is 1. The van der Waals surface area contributed by atoms with Crippen LogP contribution < -0.4 is 15.8 Å². The van der Waals surface area contributed by atoms with Crippen molar-refractivity contribution >= 4 is 5.91 Å². The van der Waals surface area contributed by atoms with Crippen LogP contribution in [0.2, 0.25) is 0 Å². The summed E-state index contributed by atoms with van der Waals surface area (Å²) in [4.78, 5) is 12.0. The summed E-state index contributed by atoms with van der Waals surface area (Å²) in [5, 5.41) is 7.91. The van der Waals surface area contributed by atoms with Crippen molar-refractivity contribution in [3.63, 3.8) is 0 Å². The number of carbonyl (C=O) groups is 1. The number of nitrogens with zero attached hydrogens (tertiary/aromatic N) is 2. The van der Waals surface area contributed by atoms with Crippen LogP contribution in [0, 0.1) is 11.8 Å². The first-order chi connectivity index (χ1) is 9.99. The summed E-state index contributed by atoms with van der Waals surface area (Å²) in [6.07, 6.45) is 3.62. The van der Waals surface area contributed by atoms with Gasteiger partial charge in [0.2, 0.25) is 5.91 Å². The summed E-state index contributed by atoms with van der Waals surface area (Å²) in [6, 6.07) is 0.181. The van der Waals surface area contributed by atoms with Gasteiger partial charge in [-0.05, 0) is 25.7 Å². The summed E-state index contributed by atoms with van der Waals surface area (Å²) in [5.41, 5.74) is 6.60. The van der Waals surface area contributed by atoms with E-state index in [1.165, 1.54) is 0 Å². The number of nitrogens with two attached hydrogens (primary N) is 1. The van der Waals surface area contributed by atoms with Gasteiger partial charge in [0.05, 0.1) is 31.0 Å². The second kappa shape index (κ2) is 6.47. The molecule has 1 aromatic heterocycles. The first kappa shape index (κ1) is 15.8. The fraction of sp³-hybridized carbons (Fsp3) is 0.733. The molecule has 6 nitrogen and oxygen atoms in total. The number of primary amides is 1. The largest absolute Gasteiger partial charge is 0.493 e. The first-order valence-electron chi connectivity index (χ1n) is 7.64. The van der Waals surface area contributed by atoms with Crippen LogP contribution in [0.1, 0.15) is 45.3 Å². The molecule has 0 bridgehead atoms. The van der Waals surface area contributed by atoms with Crippen LogP contribution in [-0.4, -0.2) is 28.8 Å². The standard InChI is InChI=1S/C15H26N4O2/c1-5-6-19-14(11(21-4)8-17-19)13-12(15(16)20)9(2)7-10(3)18-13/h8-10,12-13,18H,5-7H2,1-4H3,(H2,16,20). The average Bonchev–Trinajstić information content (AvgIpc) is 2.80. The molecule has 2 heterocycles. The van der Waals surface area contributed by atoms with E-state index >= 15 is 0 Å². The van der Waals surface area contributed by atoms with Gasteiger partial charge in [0.15, 0.2) is 5.75 Å². The van der Waals surface area contributed by atoms with Crippen LogP contribution in [0.15, 0.2) is 6.20 Å². The number of aromatic nitrogens is 2. The minimum atomic E-state index is -0.266. The van der Waals surface area contributed by atoms with Crippen molar-refractivity contribution in [1.82, 2.24) is 15.1 Å². The van der Waals surface area contributed by atoms with Gasteiger partial charge in [-0.2, -0.15) is 5.10 Å². The highest BCUT2D eigenvalue weighted by Gasteiger charge is 2.41. The van der Waals surface area contributed by atoms with Gasteiger partial charge in [-0.3, -0.25) is 9.48 Å². The van der Waals surface area contributed by atoms with Gasteiger partial charge in [-0.25, -0.2) is 0 Å². The van der Waals surface area contributed by atoms with E-state index in [0.717, 1.165) is 25.1 Å². The van der Waals surface area contributed by atoms with E-state index in [2.05, 4.69) is 31.2 Å². The molecule has 0 spiro atoms. The van der Waals surface area contributed by atoms with Crippen LogP contribution in [0.3, 0.4) is 0 Å². The van der Waals surface area contributed by atoms with Gasteiger partial charge in [0, 0.05) is 12.6 Å². The van der Waals surface area contributed by atoms with Crippen molar-refractivity contribution in [1.29, 1.82) is 0 Å². The third kappa shape index (κ3) is 3.05. The molecule has 2 rings (SSSR count). The van der Waals surface area contributed by atoms with Crippen LogP contribution in [-0.2, 0) is 11.3 Å². The Balaban J connectivity index is 2.45. The lowest BCUT2D eigenvalue weighted by atomic mass is 9.77. The lowest BCUT2D eigenvalue weighted by Gasteiger charge is -2.39. The Bertz CT molecular complexity index is 500. The van der Waals surface area contributed by atoms with Crippen molar-refractivity contribution in [2.24, 2.45) is 17.6 Å². The predicted octanol–water partition coefficient (Wildman–Crippen LogP) is 1.46. The number of methoxy groups -OCH3 is 1. The zero-order valence-electron chi connectivity index (χ0n) is 13.3. The van der Waals surface area contributed by atoms with Crippen molar-refractivity contribution in [2.75, 3.05) is 7.11 Å². The molecular weight excluding hydrogens is 268 g/mol. The maximum Gasteiger partial charge on any atom is 0.222 e. The maximum absolute atomic E-state index is 12.0. The number of hydrogen-bond donors (Lipinski definition) is 2. The van der Waals surface area contributed by atoms with E-state index in [1.807, 2.05) is 4.68 Å². The predicted molar refractivity (Wildman–Crippen MR) is 80.9 cm³/mol. The number of rotatable bonds is 5. The highest BCUT2D eigenvalue weighted by molar-refractivity contribution is 5.78. The van der Waals surface area contributed by atoms with E-state index in [4.69, 9.17) is 10.5 Å². The quantitative estimate of drug-likeness (QED) is 0.861. The summed E-state index contributed by atoms with van der Waals surface area (Å²) >= 11 is 0. The number of hydrogen-bond acceptors (Lipinski definition) is 4. The Hall–Kier alpha value is -1.56. The lowest BCUT2D eigenvalue weighted by molar-refractivity contribution is -0.125. The molecule has 0 aromatic carbocycles. The molecule has 118 valence electrons. The first-order valence-corrected chi connectivity index (χ1v) is 7.64. The normalized spacial score (nSPS) is 29.3. The van der Waals surface area contributed by atoms with Gasteiger partial charge < -0.3 is 15.8 Å². The Kier molecular flexibility index (Phi) is 4.88. The Labute approximate surface area is 126 Å². The Morgan fingerprint density at radius 3 is 2.86 bits per heavy atom. The monoisotopic (exact) mass is 294 g/mol. The Morgan fingerprint density at radius 2 is 2.29 bits per heavy atom. The summed E-state index contributed by atoms with van der Waals surface area (Å²) in [7, 11) is 1.63. The summed E-state index contributed by atoms with van der Waals surface area (Å²) < 4.78 is 7.38. The van der Waals surface area contributed by atoms with Gasteiger partial charge >= 0.3 is 0 Å². The zero-order chi connectivity index (χ0) is 15.6. The number of amides is 1. The van der Waals surface area contributed by atoms with Crippen LogP contribution in [0.4, 0.5) is 0 Å². The smallest absolute Gasteiger partial charge is 0.222 e. The highest BCUT2D eigenvalue weighted by Crippen LogP contribution is 2.39. The molecule has 1 amide bonds. The number of nitrogens with one attached hydrogen (secondary N) is 1. The van der Waals surface area contributed by atoms with E-state index in [9.17, 15) is 4.79 Å². The molecule has 1 fully saturated rings. The van der Waals surface area contributed by atoms with Gasteiger partial charge in [0.25, 0.3) is 0 Å². The minimum Gasteiger partial charge on any atom is -0.493 e. The van der Waals surface area contributed by atoms with Gasteiger partial charge in [-0.15, -0.1) is 0 Å². The fourth-order valence-corrected chi connectivity index (χ4v) is 3.44.